The Hall–Kier alpha value is -2.59. The lowest BCUT2D eigenvalue weighted by Gasteiger charge is -2.46. The van der Waals surface area contributed by atoms with Gasteiger partial charge in [0, 0.05) is 43.9 Å². The highest BCUT2D eigenvalue weighted by Crippen LogP contribution is 2.43. The van der Waals surface area contributed by atoms with Crippen LogP contribution in [0.1, 0.15) is 24.1 Å². The molecule has 1 fully saturated rings. The van der Waals surface area contributed by atoms with Crippen molar-refractivity contribution in [3.63, 3.8) is 0 Å². The number of anilines is 1. The summed E-state index contributed by atoms with van der Waals surface area (Å²) in [7, 11) is 0. The molecule has 126 valence electrons. The van der Waals surface area contributed by atoms with Gasteiger partial charge < -0.3 is 9.88 Å². The van der Waals surface area contributed by atoms with Gasteiger partial charge in [-0.1, -0.05) is 12.1 Å². The Morgan fingerprint density at radius 1 is 0.960 bits per heavy atom. The molecule has 0 atom stereocenters. The molecule has 3 aromatic rings. The third-order valence-electron chi connectivity index (χ3n) is 5.64. The average Bonchev–Trinajstić information content (AvgIpc) is 3.16. The van der Waals surface area contributed by atoms with Gasteiger partial charge in [-0.25, -0.2) is 0 Å². The Kier molecular flexibility index (Phi) is 3.38. The average molecular weight is 330 g/mol. The van der Waals surface area contributed by atoms with Crippen LogP contribution in [0.3, 0.4) is 0 Å². The minimum absolute atomic E-state index is 0.0482. The number of pyridine rings is 1. The largest absolute Gasteiger partial charge is 0.372 e. The van der Waals surface area contributed by atoms with Crippen LogP contribution < -0.4 is 5.32 Å². The highest BCUT2D eigenvalue weighted by Gasteiger charge is 2.41. The quantitative estimate of drug-likeness (QED) is 0.776. The maximum absolute atomic E-state index is 4.12. The molecule has 2 aliphatic rings. The van der Waals surface area contributed by atoms with E-state index in [4.69, 9.17) is 0 Å². The molecule has 4 heterocycles. The standard InChI is InChI=1S/C21H22N4/c1-2-5-19-18(4-1)23-21(20-6-3-13-25(19)20)9-14-24(15-10-21)16-17-7-11-22-12-8-17/h1-8,11-13,23H,9-10,14-16H2. The van der Waals surface area contributed by atoms with Crippen molar-refractivity contribution in [2.24, 2.45) is 0 Å². The maximum Gasteiger partial charge on any atom is 0.0804 e. The number of likely N-dealkylation sites (tertiary alicyclic amines) is 1. The predicted molar refractivity (Wildman–Crippen MR) is 99.8 cm³/mol. The van der Waals surface area contributed by atoms with Crippen LogP contribution in [0.25, 0.3) is 5.69 Å². The number of hydrogen-bond donors (Lipinski definition) is 1. The fraction of sp³-hybridized carbons (Fsp3) is 0.286. The summed E-state index contributed by atoms with van der Waals surface area (Å²) < 4.78 is 2.37. The van der Waals surface area contributed by atoms with Gasteiger partial charge >= 0.3 is 0 Å². The van der Waals surface area contributed by atoms with E-state index in [0.717, 1.165) is 32.5 Å². The van der Waals surface area contributed by atoms with Crippen LogP contribution in [-0.2, 0) is 12.1 Å². The molecule has 0 unspecified atom stereocenters. The van der Waals surface area contributed by atoms with Crippen LogP contribution in [0, 0.1) is 0 Å². The van der Waals surface area contributed by atoms with E-state index in [1.54, 1.807) is 0 Å². The first-order valence-corrected chi connectivity index (χ1v) is 9.01. The van der Waals surface area contributed by atoms with Crippen LogP contribution in [-0.4, -0.2) is 27.5 Å². The Bertz CT molecular complexity index is 876. The van der Waals surface area contributed by atoms with E-state index >= 15 is 0 Å². The van der Waals surface area contributed by atoms with Gasteiger partial charge in [-0.05, 0) is 54.8 Å². The lowest BCUT2D eigenvalue weighted by Crippen LogP contribution is -2.49. The van der Waals surface area contributed by atoms with Gasteiger partial charge in [0.2, 0.25) is 0 Å². The lowest BCUT2D eigenvalue weighted by molar-refractivity contribution is 0.162. The Labute approximate surface area is 148 Å². The number of piperidine rings is 1. The Morgan fingerprint density at radius 2 is 1.76 bits per heavy atom. The molecule has 0 bridgehead atoms. The fourth-order valence-electron chi connectivity index (χ4n) is 4.31. The van der Waals surface area contributed by atoms with Gasteiger partial charge in [-0.3, -0.25) is 9.88 Å². The number of benzene rings is 1. The van der Waals surface area contributed by atoms with Crippen LogP contribution in [0.4, 0.5) is 5.69 Å². The van der Waals surface area contributed by atoms with Crippen molar-refractivity contribution in [1.82, 2.24) is 14.5 Å². The lowest BCUT2D eigenvalue weighted by atomic mass is 9.82. The number of rotatable bonds is 2. The molecule has 4 heteroatoms. The van der Waals surface area contributed by atoms with Crippen LogP contribution in [0.5, 0.6) is 0 Å². The summed E-state index contributed by atoms with van der Waals surface area (Å²) >= 11 is 0. The van der Waals surface area contributed by atoms with Gasteiger partial charge in [0.15, 0.2) is 0 Å². The van der Waals surface area contributed by atoms with Crippen molar-refractivity contribution >= 4 is 5.69 Å². The van der Waals surface area contributed by atoms with Crippen molar-refractivity contribution < 1.29 is 0 Å². The molecule has 1 spiro atoms. The minimum Gasteiger partial charge on any atom is -0.372 e. The van der Waals surface area contributed by atoms with E-state index in [-0.39, 0.29) is 5.54 Å². The third kappa shape index (κ3) is 2.45. The molecule has 1 saturated heterocycles. The third-order valence-corrected chi connectivity index (χ3v) is 5.64. The number of fused-ring (bicyclic) bond motifs is 4. The SMILES string of the molecule is c1ccc2c(c1)NC1(CCN(Cc3ccncc3)CC1)c1cccn1-2. The van der Waals surface area contributed by atoms with Gasteiger partial charge in [0.05, 0.1) is 16.9 Å². The molecule has 2 aromatic heterocycles. The zero-order valence-electron chi connectivity index (χ0n) is 14.2. The molecule has 1 aromatic carbocycles. The van der Waals surface area contributed by atoms with E-state index in [2.05, 4.69) is 74.5 Å². The van der Waals surface area contributed by atoms with Crippen LogP contribution in [0.2, 0.25) is 0 Å². The number of nitrogens with one attached hydrogen (secondary N) is 1. The van der Waals surface area contributed by atoms with E-state index in [0.29, 0.717) is 0 Å². The van der Waals surface area contributed by atoms with Crippen molar-refractivity contribution in [3.05, 3.63) is 78.4 Å². The van der Waals surface area contributed by atoms with Gasteiger partial charge in [0.1, 0.15) is 0 Å². The van der Waals surface area contributed by atoms with Crippen LogP contribution in [0.15, 0.2) is 67.1 Å². The van der Waals surface area contributed by atoms with Gasteiger partial charge in [-0.2, -0.15) is 0 Å². The molecule has 1 N–H and O–H groups in total. The zero-order valence-corrected chi connectivity index (χ0v) is 14.2. The molecule has 2 aliphatic heterocycles. The summed E-state index contributed by atoms with van der Waals surface area (Å²) in [6.07, 6.45) is 8.20. The van der Waals surface area contributed by atoms with Crippen molar-refractivity contribution in [1.29, 1.82) is 0 Å². The summed E-state index contributed by atoms with van der Waals surface area (Å²) in [5.74, 6) is 0. The van der Waals surface area contributed by atoms with Crippen LogP contribution >= 0.6 is 0 Å². The molecule has 4 nitrogen and oxygen atoms in total. The van der Waals surface area contributed by atoms with E-state index in [9.17, 15) is 0 Å². The van der Waals surface area contributed by atoms with Crippen molar-refractivity contribution in [2.45, 2.75) is 24.9 Å². The number of hydrogen-bond acceptors (Lipinski definition) is 3. The summed E-state index contributed by atoms with van der Waals surface area (Å²) in [6, 6.07) is 17.3. The van der Waals surface area contributed by atoms with Gasteiger partial charge in [0.25, 0.3) is 0 Å². The zero-order chi connectivity index (χ0) is 16.7. The Morgan fingerprint density at radius 3 is 2.60 bits per heavy atom. The summed E-state index contributed by atoms with van der Waals surface area (Å²) in [6.45, 7) is 3.21. The first-order valence-electron chi connectivity index (χ1n) is 9.01. The van der Waals surface area contributed by atoms with E-state index < -0.39 is 0 Å². The summed E-state index contributed by atoms with van der Waals surface area (Å²) in [5, 5.41) is 3.88. The van der Waals surface area contributed by atoms with Gasteiger partial charge in [-0.15, -0.1) is 0 Å². The highest BCUT2D eigenvalue weighted by atomic mass is 15.2. The molecule has 5 rings (SSSR count). The topological polar surface area (TPSA) is 33.1 Å². The Balaban J connectivity index is 1.40. The first-order chi connectivity index (χ1) is 12.3. The molecule has 0 radical (unpaired) electrons. The monoisotopic (exact) mass is 330 g/mol. The van der Waals surface area contributed by atoms with Crippen molar-refractivity contribution in [3.8, 4) is 5.69 Å². The minimum atomic E-state index is 0.0482. The molecule has 0 aliphatic carbocycles. The molecule has 0 amide bonds. The fourth-order valence-corrected chi connectivity index (χ4v) is 4.31. The molecule has 0 saturated carbocycles. The van der Waals surface area contributed by atoms with Crippen molar-refractivity contribution in [2.75, 3.05) is 18.4 Å². The second kappa shape index (κ2) is 5.74. The predicted octanol–water partition coefficient (Wildman–Crippen LogP) is 3.79. The number of aromatic nitrogens is 2. The highest BCUT2D eigenvalue weighted by molar-refractivity contribution is 5.67. The molecular formula is C21H22N4. The summed E-state index contributed by atoms with van der Waals surface area (Å²) in [4.78, 5) is 6.67. The maximum atomic E-state index is 4.12. The smallest absolute Gasteiger partial charge is 0.0804 e. The van der Waals surface area contributed by atoms with E-state index in [1.807, 2.05) is 12.4 Å². The normalized spacial score (nSPS) is 18.4. The molecule has 25 heavy (non-hydrogen) atoms. The second-order valence-corrected chi connectivity index (χ2v) is 7.12. The first kappa shape index (κ1) is 14.7. The molecular weight excluding hydrogens is 308 g/mol. The number of para-hydroxylation sites is 2. The number of nitrogens with zero attached hydrogens (tertiary/aromatic N) is 3. The second-order valence-electron chi connectivity index (χ2n) is 7.12. The summed E-state index contributed by atoms with van der Waals surface area (Å²) in [5.41, 5.74) is 5.29. The van der Waals surface area contributed by atoms with E-state index in [1.165, 1.54) is 22.6 Å².